The molecular weight excluding hydrogens is 381 g/mol. The van der Waals surface area contributed by atoms with Gasteiger partial charge >= 0.3 is 5.97 Å². The summed E-state index contributed by atoms with van der Waals surface area (Å²) >= 11 is 1.12. The van der Waals surface area contributed by atoms with Gasteiger partial charge in [0.05, 0.1) is 6.61 Å². The maximum Gasteiger partial charge on any atom is 0.349 e. The van der Waals surface area contributed by atoms with Gasteiger partial charge in [-0.1, -0.05) is 18.2 Å². The van der Waals surface area contributed by atoms with E-state index < -0.39 is 23.8 Å². The van der Waals surface area contributed by atoms with Crippen molar-refractivity contribution in [3.8, 4) is 0 Å². The van der Waals surface area contributed by atoms with Crippen molar-refractivity contribution in [1.82, 2.24) is 0 Å². The molecule has 0 saturated carbocycles. The molecule has 0 spiro atoms. The fraction of sp³-hybridized carbons (Fsp3) is 0.238. The molecule has 1 aromatic heterocycles. The highest BCUT2D eigenvalue weighted by Crippen LogP contribution is 2.34. The number of rotatable bonds is 6. The Kier molecular flexibility index (Phi) is 6.06. The van der Waals surface area contributed by atoms with Crippen molar-refractivity contribution >= 4 is 39.0 Å². The zero-order valence-electron chi connectivity index (χ0n) is 15.7. The van der Waals surface area contributed by atoms with Gasteiger partial charge in [0.25, 0.3) is 5.91 Å². The number of hydrogen-bond donors (Lipinski definition) is 1. The SMILES string of the molecule is COCc1c(C(=O)O[C@H](C)C(=O)Nc2cccc(C)c2)sc2cccc(F)c12. The normalized spacial score (nSPS) is 12.0. The Morgan fingerprint density at radius 2 is 1.96 bits per heavy atom. The van der Waals surface area contributed by atoms with Crippen LogP contribution >= 0.6 is 11.3 Å². The zero-order chi connectivity index (χ0) is 20.3. The van der Waals surface area contributed by atoms with E-state index in [1.807, 2.05) is 25.1 Å². The fourth-order valence-corrected chi connectivity index (χ4v) is 3.95. The molecule has 0 bridgehead atoms. The minimum atomic E-state index is -1.02. The van der Waals surface area contributed by atoms with Crippen molar-refractivity contribution in [2.75, 3.05) is 12.4 Å². The quantitative estimate of drug-likeness (QED) is 0.609. The first-order chi connectivity index (χ1) is 13.4. The van der Waals surface area contributed by atoms with Gasteiger partial charge in [-0.05, 0) is 43.7 Å². The van der Waals surface area contributed by atoms with Gasteiger partial charge in [0.15, 0.2) is 6.10 Å². The lowest BCUT2D eigenvalue weighted by molar-refractivity contribution is -0.123. The summed E-state index contributed by atoms with van der Waals surface area (Å²) in [4.78, 5) is 25.3. The van der Waals surface area contributed by atoms with Gasteiger partial charge in [-0.2, -0.15) is 0 Å². The largest absolute Gasteiger partial charge is 0.448 e. The van der Waals surface area contributed by atoms with Gasteiger partial charge in [0.2, 0.25) is 0 Å². The molecule has 1 atom stereocenters. The highest BCUT2D eigenvalue weighted by Gasteiger charge is 2.25. The number of carbonyl (C=O) groups is 2. The number of anilines is 1. The lowest BCUT2D eigenvalue weighted by atomic mass is 10.1. The van der Waals surface area contributed by atoms with E-state index in [1.165, 1.54) is 20.1 Å². The molecule has 0 fully saturated rings. The third-order valence-corrected chi connectivity index (χ3v) is 5.35. The fourth-order valence-electron chi connectivity index (χ4n) is 2.85. The Balaban J connectivity index is 1.79. The third kappa shape index (κ3) is 4.21. The summed E-state index contributed by atoms with van der Waals surface area (Å²) in [6.45, 7) is 3.47. The van der Waals surface area contributed by atoms with E-state index in [-0.39, 0.29) is 11.5 Å². The van der Waals surface area contributed by atoms with E-state index in [9.17, 15) is 14.0 Å². The predicted octanol–water partition coefficient (Wildman–Crippen LogP) is 4.68. The van der Waals surface area contributed by atoms with Crippen LogP contribution in [0.25, 0.3) is 10.1 Å². The summed E-state index contributed by atoms with van der Waals surface area (Å²) in [6.07, 6.45) is -1.02. The average Bonchev–Trinajstić information content (AvgIpc) is 3.02. The van der Waals surface area contributed by atoms with E-state index >= 15 is 0 Å². The van der Waals surface area contributed by atoms with Gasteiger partial charge in [-0.15, -0.1) is 11.3 Å². The van der Waals surface area contributed by atoms with E-state index in [0.717, 1.165) is 16.9 Å². The first-order valence-corrected chi connectivity index (χ1v) is 9.49. The molecule has 0 unspecified atom stereocenters. The van der Waals surface area contributed by atoms with Crippen molar-refractivity contribution in [2.24, 2.45) is 0 Å². The molecule has 7 heteroatoms. The van der Waals surface area contributed by atoms with Crippen molar-refractivity contribution in [1.29, 1.82) is 0 Å². The summed E-state index contributed by atoms with van der Waals surface area (Å²) in [5.74, 6) is -1.55. The Hall–Kier alpha value is -2.77. The summed E-state index contributed by atoms with van der Waals surface area (Å²) < 4.78 is 25.3. The van der Waals surface area contributed by atoms with E-state index in [0.29, 0.717) is 21.3 Å². The molecule has 2 aromatic carbocycles. The lowest BCUT2D eigenvalue weighted by Gasteiger charge is -2.14. The number of amides is 1. The van der Waals surface area contributed by atoms with Crippen LogP contribution in [0.5, 0.6) is 0 Å². The molecule has 5 nitrogen and oxygen atoms in total. The second kappa shape index (κ2) is 8.50. The summed E-state index contributed by atoms with van der Waals surface area (Å²) in [7, 11) is 1.47. The Labute approximate surface area is 166 Å². The highest BCUT2D eigenvalue weighted by molar-refractivity contribution is 7.21. The van der Waals surface area contributed by atoms with Crippen LogP contribution in [0, 0.1) is 12.7 Å². The molecule has 0 aliphatic carbocycles. The van der Waals surface area contributed by atoms with Crippen molar-refractivity contribution in [3.05, 3.63) is 64.3 Å². The highest BCUT2D eigenvalue weighted by atomic mass is 32.1. The molecule has 0 aliphatic rings. The van der Waals surface area contributed by atoms with Gasteiger partial charge < -0.3 is 14.8 Å². The number of methoxy groups -OCH3 is 1. The molecule has 1 amide bonds. The van der Waals surface area contributed by atoms with E-state index in [2.05, 4.69) is 5.32 Å². The van der Waals surface area contributed by atoms with Gasteiger partial charge in [0, 0.05) is 28.4 Å². The van der Waals surface area contributed by atoms with Crippen molar-refractivity contribution < 1.29 is 23.5 Å². The van der Waals surface area contributed by atoms with Gasteiger partial charge in [0.1, 0.15) is 10.7 Å². The number of esters is 1. The monoisotopic (exact) mass is 401 g/mol. The topological polar surface area (TPSA) is 64.6 Å². The molecule has 3 rings (SSSR count). The molecule has 0 aliphatic heterocycles. The molecule has 28 heavy (non-hydrogen) atoms. The number of thiophene rings is 1. The van der Waals surface area contributed by atoms with E-state index in [1.54, 1.807) is 18.2 Å². The number of carbonyl (C=O) groups excluding carboxylic acids is 2. The first-order valence-electron chi connectivity index (χ1n) is 8.68. The number of aryl methyl sites for hydroxylation is 1. The molecule has 0 radical (unpaired) electrons. The zero-order valence-corrected chi connectivity index (χ0v) is 16.6. The lowest BCUT2D eigenvalue weighted by Crippen LogP contribution is -2.30. The van der Waals surface area contributed by atoms with Crippen LogP contribution in [0.2, 0.25) is 0 Å². The number of benzene rings is 2. The van der Waals surface area contributed by atoms with Crippen molar-refractivity contribution in [3.63, 3.8) is 0 Å². The first kappa shape index (κ1) is 20.0. The number of nitrogens with one attached hydrogen (secondary N) is 1. The number of halogens is 1. The van der Waals surface area contributed by atoms with Crippen LogP contribution in [0.4, 0.5) is 10.1 Å². The summed E-state index contributed by atoms with van der Waals surface area (Å²) in [6, 6.07) is 12.0. The molecule has 1 N–H and O–H groups in total. The van der Waals surface area contributed by atoms with E-state index in [4.69, 9.17) is 9.47 Å². The summed E-state index contributed by atoms with van der Waals surface area (Å²) in [5.41, 5.74) is 2.05. The molecule has 1 heterocycles. The maximum atomic E-state index is 14.2. The van der Waals surface area contributed by atoms with Crippen LogP contribution in [0.3, 0.4) is 0 Å². The van der Waals surface area contributed by atoms with Gasteiger partial charge in [-0.3, -0.25) is 4.79 Å². The molecule has 146 valence electrons. The van der Waals surface area contributed by atoms with Crippen LogP contribution in [0.15, 0.2) is 42.5 Å². The molecule has 0 saturated heterocycles. The van der Waals surface area contributed by atoms with Crippen LogP contribution in [-0.2, 0) is 20.9 Å². The minimum absolute atomic E-state index is 0.0647. The maximum absolute atomic E-state index is 14.2. The number of fused-ring (bicyclic) bond motifs is 1. The number of ether oxygens (including phenoxy) is 2. The van der Waals surface area contributed by atoms with Crippen LogP contribution in [0.1, 0.15) is 27.7 Å². The smallest absolute Gasteiger partial charge is 0.349 e. The van der Waals surface area contributed by atoms with Gasteiger partial charge in [-0.25, -0.2) is 9.18 Å². The second-order valence-corrected chi connectivity index (χ2v) is 7.41. The molecular formula is C21H20FNO4S. The standard InChI is InChI=1S/C21H20FNO4S/c1-12-6-4-7-14(10-12)23-20(24)13(2)27-21(25)19-15(11-26-3)18-16(22)8-5-9-17(18)28-19/h4-10,13H,11H2,1-3H3,(H,23,24)/t13-/m1/s1. The number of hydrogen-bond acceptors (Lipinski definition) is 5. The van der Waals surface area contributed by atoms with Crippen LogP contribution < -0.4 is 5.32 Å². The summed E-state index contributed by atoms with van der Waals surface area (Å²) in [5, 5.41) is 3.06. The Morgan fingerprint density at radius 3 is 2.68 bits per heavy atom. The second-order valence-electron chi connectivity index (χ2n) is 6.36. The predicted molar refractivity (Wildman–Crippen MR) is 107 cm³/mol. The van der Waals surface area contributed by atoms with Crippen LogP contribution in [-0.4, -0.2) is 25.1 Å². The molecule has 3 aromatic rings. The minimum Gasteiger partial charge on any atom is -0.448 e. The van der Waals surface area contributed by atoms with Crippen molar-refractivity contribution in [2.45, 2.75) is 26.6 Å². The third-order valence-electron chi connectivity index (χ3n) is 4.18. The Morgan fingerprint density at radius 1 is 1.21 bits per heavy atom. The average molecular weight is 401 g/mol. The Bertz CT molecular complexity index is 1030.